The summed E-state index contributed by atoms with van der Waals surface area (Å²) in [6.45, 7) is 1.96. The molecule has 28 heavy (non-hydrogen) atoms. The van der Waals surface area contributed by atoms with E-state index in [1.165, 1.54) is 0 Å². The van der Waals surface area contributed by atoms with Gasteiger partial charge >= 0.3 is 0 Å². The van der Waals surface area contributed by atoms with E-state index < -0.39 is 0 Å². The number of aromatic nitrogens is 1. The number of phenolic OH excluding ortho intramolecular Hbond substituents is 1. The van der Waals surface area contributed by atoms with Crippen LogP contribution in [0.4, 0.5) is 5.69 Å². The van der Waals surface area contributed by atoms with Gasteiger partial charge in [-0.05, 0) is 83.0 Å². The van der Waals surface area contributed by atoms with Crippen molar-refractivity contribution < 1.29 is 14.3 Å². The van der Waals surface area contributed by atoms with E-state index in [-0.39, 0.29) is 5.75 Å². The summed E-state index contributed by atoms with van der Waals surface area (Å²) in [5, 5.41) is 10.2. The summed E-state index contributed by atoms with van der Waals surface area (Å²) in [6, 6.07) is 16.8. The molecule has 3 aromatic carbocycles. The number of nitrogens with zero attached hydrogens (tertiary/aromatic N) is 2. The molecule has 0 spiro atoms. The monoisotopic (exact) mass is 436 g/mol. The molecular formula is C22H17BrN2O3. The average molecular weight is 437 g/mol. The predicted molar refractivity (Wildman–Crippen MR) is 114 cm³/mol. The number of halogens is 1. The molecule has 5 nitrogen and oxygen atoms in total. The van der Waals surface area contributed by atoms with Crippen LogP contribution in [0.5, 0.6) is 11.5 Å². The van der Waals surface area contributed by atoms with Crippen LogP contribution >= 0.6 is 15.9 Å². The molecule has 0 unspecified atom stereocenters. The van der Waals surface area contributed by atoms with E-state index >= 15 is 0 Å². The molecule has 0 amide bonds. The molecule has 0 saturated heterocycles. The number of phenols is 1. The van der Waals surface area contributed by atoms with Gasteiger partial charge < -0.3 is 14.3 Å². The first-order valence-corrected chi connectivity index (χ1v) is 9.41. The first-order valence-electron chi connectivity index (χ1n) is 8.62. The Balaban J connectivity index is 1.65. The Bertz CT molecular complexity index is 1180. The Morgan fingerprint density at radius 3 is 2.64 bits per heavy atom. The van der Waals surface area contributed by atoms with Crippen molar-refractivity contribution in [3.05, 3.63) is 70.2 Å². The van der Waals surface area contributed by atoms with E-state index in [1.807, 2.05) is 61.5 Å². The van der Waals surface area contributed by atoms with Gasteiger partial charge in [0.25, 0.3) is 0 Å². The maximum Gasteiger partial charge on any atom is 0.227 e. The van der Waals surface area contributed by atoms with E-state index in [2.05, 4.69) is 25.9 Å². The van der Waals surface area contributed by atoms with Gasteiger partial charge in [-0.3, -0.25) is 4.99 Å². The molecule has 0 bridgehead atoms. The van der Waals surface area contributed by atoms with Gasteiger partial charge in [-0.1, -0.05) is 0 Å². The van der Waals surface area contributed by atoms with Crippen molar-refractivity contribution in [2.45, 2.75) is 6.92 Å². The minimum Gasteiger partial charge on any atom is -0.506 e. The zero-order valence-corrected chi connectivity index (χ0v) is 16.9. The lowest BCUT2D eigenvalue weighted by Gasteiger charge is -2.03. The fourth-order valence-corrected chi connectivity index (χ4v) is 3.45. The molecule has 0 saturated carbocycles. The predicted octanol–water partition coefficient (Wildman–Crippen LogP) is 6.03. The highest BCUT2D eigenvalue weighted by atomic mass is 79.9. The fourth-order valence-electron chi connectivity index (χ4n) is 2.86. The van der Waals surface area contributed by atoms with Crippen molar-refractivity contribution in [2.24, 2.45) is 4.99 Å². The molecule has 0 aliphatic rings. The van der Waals surface area contributed by atoms with Crippen LogP contribution in [-0.4, -0.2) is 23.4 Å². The van der Waals surface area contributed by atoms with Gasteiger partial charge in [0.1, 0.15) is 17.0 Å². The number of aromatic hydroxyl groups is 1. The molecule has 0 fully saturated rings. The van der Waals surface area contributed by atoms with Crippen LogP contribution in [0.3, 0.4) is 0 Å². The normalized spacial score (nSPS) is 11.4. The highest BCUT2D eigenvalue weighted by Crippen LogP contribution is 2.30. The number of benzene rings is 3. The van der Waals surface area contributed by atoms with Crippen LogP contribution < -0.4 is 4.74 Å². The largest absolute Gasteiger partial charge is 0.506 e. The summed E-state index contributed by atoms with van der Waals surface area (Å²) in [4.78, 5) is 9.03. The van der Waals surface area contributed by atoms with Crippen LogP contribution in [0.2, 0.25) is 0 Å². The molecule has 0 aliphatic heterocycles. The number of rotatable bonds is 4. The lowest BCUT2D eigenvalue weighted by Crippen LogP contribution is -1.86. The average Bonchev–Trinajstić information content (AvgIpc) is 3.13. The van der Waals surface area contributed by atoms with E-state index in [9.17, 15) is 5.11 Å². The Morgan fingerprint density at radius 1 is 1.11 bits per heavy atom. The minimum absolute atomic E-state index is 0.165. The van der Waals surface area contributed by atoms with Gasteiger partial charge in [-0.25, -0.2) is 4.98 Å². The van der Waals surface area contributed by atoms with E-state index in [4.69, 9.17) is 9.15 Å². The molecule has 0 radical (unpaired) electrons. The molecule has 1 aromatic heterocycles. The summed E-state index contributed by atoms with van der Waals surface area (Å²) in [6.07, 6.45) is 1.64. The smallest absolute Gasteiger partial charge is 0.227 e. The summed E-state index contributed by atoms with van der Waals surface area (Å²) < 4.78 is 11.7. The third-order valence-electron chi connectivity index (χ3n) is 4.30. The Morgan fingerprint density at radius 2 is 1.89 bits per heavy atom. The maximum absolute atomic E-state index is 10.2. The first-order chi connectivity index (χ1) is 13.5. The summed E-state index contributed by atoms with van der Waals surface area (Å²) in [5.41, 5.74) is 4.67. The van der Waals surface area contributed by atoms with Crippen LogP contribution in [-0.2, 0) is 0 Å². The SMILES string of the molecule is COc1ccc(-c2nc3cc(N=Cc4cc(C)cc(Br)c4O)ccc3o2)cc1. The number of aliphatic imine (C=N–C) groups is 1. The molecule has 0 atom stereocenters. The lowest BCUT2D eigenvalue weighted by atomic mass is 10.1. The van der Waals surface area contributed by atoms with Gasteiger partial charge in [-0.15, -0.1) is 0 Å². The molecule has 1 heterocycles. The molecule has 4 aromatic rings. The molecule has 0 aliphatic carbocycles. The second kappa shape index (κ2) is 7.48. The van der Waals surface area contributed by atoms with Crippen LogP contribution in [0.25, 0.3) is 22.6 Å². The van der Waals surface area contributed by atoms with Gasteiger partial charge in [0.05, 0.1) is 17.3 Å². The van der Waals surface area contributed by atoms with Gasteiger partial charge in [0.15, 0.2) is 5.58 Å². The zero-order valence-electron chi connectivity index (χ0n) is 15.3. The number of hydrogen-bond acceptors (Lipinski definition) is 5. The summed E-state index contributed by atoms with van der Waals surface area (Å²) >= 11 is 3.35. The Labute approximate surface area is 170 Å². The molecule has 6 heteroatoms. The Hall–Kier alpha value is -3.12. The molecular weight excluding hydrogens is 420 g/mol. The van der Waals surface area contributed by atoms with E-state index in [1.54, 1.807) is 13.3 Å². The second-order valence-electron chi connectivity index (χ2n) is 6.34. The topological polar surface area (TPSA) is 67.9 Å². The van der Waals surface area contributed by atoms with Crippen molar-refractivity contribution in [2.75, 3.05) is 7.11 Å². The summed E-state index contributed by atoms with van der Waals surface area (Å²) in [7, 11) is 1.63. The lowest BCUT2D eigenvalue weighted by molar-refractivity contribution is 0.415. The highest BCUT2D eigenvalue weighted by Gasteiger charge is 2.09. The number of fused-ring (bicyclic) bond motifs is 1. The van der Waals surface area contributed by atoms with Crippen molar-refractivity contribution in [3.63, 3.8) is 0 Å². The van der Waals surface area contributed by atoms with E-state index in [0.29, 0.717) is 21.5 Å². The molecule has 1 N–H and O–H groups in total. The summed E-state index contributed by atoms with van der Waals surface area (Å²) in [5.74, 6) is 1.49. The zero-order chi connectivity index (χ0) is 19.7. The number of aryl methyl sites for hydroxylation is 1. The van der Waals surface area contributed by atoms with Crippen LogP contribution in [0, 0.1) is 6.92 Å². The maximum atomic E-state index is 10.2. The molecule has 4 rings (SSSR count). The van der Waals surface area contributed by atoms with Crippen molar-refractivity contribution >= 4 is 38.9 Å². The van der Waals surface area contributed by atoms with Crippen LogP contribution in [0.1, 0.15) is 11.1 Å². The van der Waals surface area contributed by atoms with Gasteiger partial charge in [-0.2, -0.15) is 0 Å². The third kappa shape index (κ3) is 3.64. The highest BCUT2D eigenvalue weighted by molar-refractivity contribution is 9.10. The third-order valence-corrected chi connectivity index (χ3v) is 4.90. The fraction of sp³-hybridized carbons (Fsp3) is 0.0909. The number of methoxy groups -OCH3 is 1. The number of ether oxygens (including phenoxy) is 1. The van der Waals surface area contributed by atoms with Gasteiger partial charge in [0.2, 0.25) is 5.89 Å². The Kier molecular flexibility index (Phi) is 4.88. The van der Waals surface area contributed by atoms with Crippen molar-refractivity contribution in [3.8, 4) is 23.0 Å². The van der Waals surface area contributed by atoms with Crippen LogP contribution in [0.15, 0.2) is 68.5 Å². The standard InChI is InChI=1S/C22H17BrN2O3/c1-13-9-15(21(26)18(23)10-13)12-24-16-5-8-20-19(11-16)25-22(28-20)14-3-6-17(27-2)7-4-14/h3-12,26H,1-2H3. The first kappa shape index (κ1) is 18.3. The second-order valence-corrected chi connectivity index (χ2v) is 7.20. The van der Waals surface area contributed by atoms with Crippen molar-refractivity contribution in [1.82, 2.24) is 4.98 Å². The number of oxazole rings is 1. The van der Waals surface area contributed by atoms with Gasteiger partial charge in [0, 0.05) is 17.3 Å². The van der Waals surface area contributed by atoms with E-state index in [0.717, 1.165) is 28.1 Å². The molecule has 140 valence electrons. The number of hydrogen-bond donors (Lipinski definition) is 1. The quantitative estimate of drug-likeness (QED) is 0.396. The van der Waals surface area contributed by atoms with Crippen molar-refractivity contribution in [1.29, 1.82) is 0 Å². The minimum atomic E-state index is 0.165.